The maximum Gasteiger partial charge on any atom is 0.0464 e. The normalized spacial score (nSPS) is 10.1. The summed E-state index contributed by atoms with van der Waals surface area (Å²) < 4.78 is 1.07. The van der Waals surface area contributed by atoms with E-state index in [9.17, 15) is 0 Å². The summed E-state index contributed by atoms with van der Waals surface area (Å²) in [6.07, 6.45) is 0.953. The average molecular weight is 282 g/mol. The van der Waals surface area contributed by atoms with Crippen LogP contribution in [0.1, 0.15) is 12.5 Å². The lowest BCUT2D eigenvalue weighted by Gasteiger charge is -2.03. The smallest absolute Gasteiger partial charge is 0.0464 e. The second-order valence-corrected chi connectivity index (χ2v) is 3.89. The highest BCUT2D eigenvalue weighted by molar-refractivity contribution is 14.1. The van der Waals surface area contributed by atoms with Gasteiger partial charge in [-0.15, -0.1) is 0 Å². The van der Waals surface area contributed by atoms with Crippen molar-refractivity contribution in [1.82, 2.24) is 0 Å². The van der Waals surface area contributed by atoms with E-state index < -0.39 is 0 Å². The van der Waals surface area contributed by atoms with Crippen molar-refractivity contribution in [2.45, 2.75) is 13.3 Å². The van der Waals surface area contributed by atoms with Gasteiger partial charge in [0, 0.05) is 14.3 Å². The summed E-state index contributed by atoms with van der Waals surface area (Å²) in [5.41, 5.74) is 7.57. The first-order valence-electron chi connectivity index (χ1n) is 3.38. The van der Waals surface area contributed by atoms with Gasteiger partial charge in [-0.05, 0) is 46.7 Å². The number of rotatable bonds is 1. The highest BCUT2D eigenvalue weighted by atomic mass is 127. The minimum atomic E-state index is 0.757. The molecule has 0 saturated carbocycles. The molecule has 11 heavy (non-hydrogen) atoms. The fraction of sp³-hybridized carbons (Fsp3) is 0.250. The van der Waals surface area contributed by atoms with Gasteiger partial charge in [0.05, 0.1) is 0 Å². The predicted molar refractivity (Wildman–Crippen MR) is 58.0 cm³/mol. The summed E-state index contributed by atoms with van der Waals surface area (Å²) in [5, 5.41) is 0.769. The van der Waals surface area contributed by atoms with Crippen LogP contribution in [0.15, 0.2) is 12.1 Å². The molecule has 0 bridgehead atoms. The monoisotopic (exact) mass is 281 g/mol. The Morgan fingerprint density at radius 3 is 2.73 bits per heavy atom. The van der Waals surface area contributed by atoms with E-state index in [1.165, 1.54) is 0 Å². The Kier molecular flexibility index (Phi) is 3.01. The number of benzene rings is 1. The van der Waals surface area contributed by atoms with Crippen molar-refractivity contribution >= 4 is 39.9 Å². The van der Waals surface area contributed by atoms with Gasteiger partial charge in [-0.2, -0.15) is 0 Å². The molecule has 0 aliphatic rings. The van der Waals surface area contributed by atoms with E-state index in [0.29, 0.717) is 0 Å². The Labute approximate surface area is 85.1 Å². The first-order chi connectivity index (χ1) is 5.15. The number of aryl methyl sites for hydroxylation is 1. The first-order valence-corrected chi connectivity index (χ1v) is 4.84. The second kappa shape index (κ2) is 3.63. The molecule has 0 aromatic heterocycles. The first kappa shape index (κ1) is 9.13. The van der Waals surface area contributed by atoms with Crippen molar-refractivity contribution in [3.8, 4) is 0 Å². The topological polar surface area (TPSA) is 26.0 Å². The molecule has 0 atom stereocenters. The third-order valence-electron chi connectivity index (χ3n) is 1.55. The zero-order valence-electron chi connectivity index (χ0n) is 6.20. The van der Waals surface area contributed by atoms with Gasteiger partial charge in [0.15, 0.2) is 0 Å². The minimum absolute atomic E-state index is 0.757. The molecule has 1 nitrogen and oxygen atoms in total. The Morgan fingerprint density at radius 1 is 1.55 bits per heavy atom. The molecule has 1 rings (SSSR count). The Bertz CT molecular complexity index is 273. The lowest BCUT2D eigenvalue weighted by Crippen LogP contribution is -1.92. The molecule has 3 heteroatoms. The highest BCUT2D eigenvalue weighted by Gasteiger charge is 2.01. The summed E-state index contributed by atoms with van der Waals surface area (Å²) in [6, 6.07) is 3.83. The zero-order valence-corrected chi connectivity index (χ0v) is 9.11. The Balaban J connectivity index is 3.21. The Hall–Kier alpha value is 0.0400. The summed E-state index contributed by atoms with van der Waals surface area (Å²) >= 11 is 8.12. The van der Waals surface area contributed by atoms with Gasteiger partial charge >= 0.3 is 0 Å². The maximum absolute atomic E-state index is 5.92. The minimum Gasteiger partial charge on any atom is -0.398 e. The van der Waals surface area contributed by atoms with Gasteiger partial charge < -0.3 is 5.73 Å². The van der Waals surface area contributed by atoms with Crippen molar-refractivity contribution in [3.63, 3.8) is 0 Å². The number of anilines is 1. The lowest BCUT2D eigenvalue weighted by molar-refractivity contribution is 1.14. The van der Waals surface area contributed by atoms with Gasteiger partial charge in [-0.1, -0.05) is 18.5 Å². The molecule has 60 valence electrons. The van der Waals surface area contributed by atoms with Crippen LogP contribution < -0.4 is 5.73 Å². The SMILES string of the molecule is CCc1cc(I)c(N)cc1Cl. The fourth-order valence-electron chi connectivity index (χ4n) is 0.874. The van der Waals surface area contributed by atoms with Crippen LogP contribution in [0.5, 0.6) is 0 Å². The van der Waals surface area contributed by atoms with E-state index in [1.807, 2.05) is 12.1 Å². The van der Waals surface area contributed by atoms with Crippen LogP contribution in [0.3, 0.4) is 0 Å². The molecular weight excluding hydrogens is 272 g/mol. The number of nitrogen functional groups attached to an aromatic ring is 1. The standard InChI is InChI=1S/C8H9ClIN/c1-2-5-3-7(10)8(11)4-6(5)9/h3-4H,2,11H2,1H3. The van der Waals surface area contributed by atoms with E-state index in [4.69, 9.17) is 17.3 Å². The molecule has 2 N–H and O–H groups in total. The molecule has 0 aliphatic carbocycles. The van der Waals surface area contributed by atoms with Crippen LogP contribution >= 0.6 is 34.2 Å². The summed E-state index contributed by atoms with van der Waals surface area (Å²) in [6.45, 7) is 2.08. The number of hydrogen-bond acceptors (Lipinski definition) is 1. The molecule has 0 heterocycles. The van der Waals surface area contributed by atoms with E-state index in [-0.39, 0.29) is 0 Å². The van der Waals surface area contributed by atoms with E-state index in [0.717, 1.165) is 26.3 Å². The molecule has 0 aliphatic heterocycles. The molecule has 0 spiro atoms. The molecule has 0 unspecified atom stereocenters. The average Bonchev–Trinajstić information content (AvgIpc) is 1.97. The van der Waals surface area contributed by atoms with E-state index in [2.05, 4.69) is 29.5 Å². The van der Waals surface area contributed by atoms with Crippen molar-refractivity contribution < 1.29 is 0 Å². The lowest BCUT2D eigenvalue weighted by atomic mass is 10.1. The van der Waals surface area contributed by atoms with Crippen LogP contribution in [0.4, 0.5) is 5.69 Å². The van der Waals surface area contributed by atoms with E-state index in [1.54, 1.807) is 0 Å². The molecule has 0 radical (unpaired) electrons. The van der Waals surface area contributed by atoms with Crippen LogP contribution in [-0.2, 0) is 6.42 Å². The van der Waals surface area contributed by atoms with Crippen LogP contribution in [0, 0.1) is 3.57 Å². The molecular formula is C8H9ClIN. The van der Waals surface area contributed by atoms with E-state index >= 15 is 0 Å². The molecule has 0 saturated heterocycles. The van der Waals surface area contributed by atoms with Gasteiger partial charge in [0.25, 0.3) is 0 Å². The Morgan fingerprint density at radius 2 is 2.18 bits per heavy atom. The van der Waals surface area contributed by atoms with Gasteiger partial charge in [-0.25, -0.2) is 0 Å². The number of halogens is 2. The zero-order chi connectivity index (χ0) is 8.43. The molecule has 0 amide bonds. The highest BCUT2D eigenvalue weighted by Crippen LogP contribution is 2.24. The van der Waals surface area contributed by atoms with Crippen LogP contribution in [-0.4, -0.2) is 0 Å². The van der Waals surface area contributed by atoms with Crippen molar-refractivity contribution in [1.29, 1.82) is 0 Å². The molecule has 1 aromatic rings. The molecule has 0 fully saturated rings. The largest absolute Gasteiger partial charge is 0.398 e. The van der Waals surface area contributed by atoms with Crippen molar-refractivity contribution in [3.05, 3.63) is 26.3 Å². The summed E-state index contributed by atoms with van der Waals surface area (Å²) in [4.78, 5) is 0. The van der Waals surface area contributed by atoms with Crippen LogP contribution in [0.2, 0.25) is 5.02 Å². The quantitative estimate of drug-likeness (QED) is 0.621. The summed E-state index contributed by atoms with van der Waals surface area (Å²) in [5.74, 6) is 0. The van der Waals surface area contributed by atoms with Gasteiger partial charge in [0.1, 0.15) is 0 Å². The van der Waals surface area contributed by atoms with Crippen molar-refractivity contribution in [2.75, 3.05) is 5.73 Å². The van der Waals surface area contributed by atoms with Gasteiger partial charge in [0.2, 0.25) is 0 Å². The third kappa shape index (κ3) is 1.99. The predicted octanol–water partition coefficient (Wildman–Crippen LogP) is 3.09. The maximum atomic E-state index is 5.92. The third-order valence-corrected chi connectivity index (χ3v) is 2.83. The number of hydrogen-bond donors (Lipinski definition) is 1. The number of nitrogens with two attached hydrogens (primary N) is 1. The van der Waals surface area contributed by atoms with Crippen LogP contribution in [0.25, 0.3) is 0 Å². The van der Waals surface area contributed by atoms with Gasteiger partial charge in [-0.3, -0.25) is 0 Å². The summed E-state index contributed by atoms with van der Waals surface area (Å²) in [7, 11) is 0. The van der Waals surface area contributed by atoms with Crippen molar-refractivity contribution in [2.24, 2.45) is 0 Å². The fourth-order valence-corrected chi connectivity index (χ4v) is 1.71. The second-order valence-electron chi connectivity index (χ2n) is 2.32. The molecule has 1 aromatic carbocycles.